The molecule has 10 heteroatoms. The number of aromatic nitrogens is 2. The minimum absolute atomic E-state index is 0.0583. The number of carbonyl (C=O) groups is 2. The van der Waals surface area contributed by atoms with Crippen LogP contribution in [0.5, 0.6) is 11.5 Å². The Morgan fingerprint density at radius 1 is 1.03 bits per heavy atom. The minimum atomic E-state index is -0.0903. The molecule has 1 aromatic heterocycles. The Balaban J connectivity index is 1.11. The van der Waals surface area contributed by atoms with Crippen LogP contribution in [0.1, 0.15) is 42.7 Å². The number of carbonyl (C=O) groups excluding carboxylic acids is 2. The van der Waals surface area contributed by atoms with Crippen LogP contribution in [0.2, 0.25) is 0 Å². The van der Waals surface area contributed by atoms with E-state index in [2.05, 4.69) is 20.4 Å². The number of likely N-dealkylation sites (tertiary alicyclic amines) is 2. The first-order valence-corrected chi connectivity index (χ1v) is 13.4. The van der Waals surface area contributed by atoms with Crippen molar-refractivity contribution in [3.05, 3.63) is 59.5 Å². The van der Waals surface area contributed by atoms with E-state index in [1.165, 1.54) is 0 Å². The second-order valence-electron chi connectivity index (χ2n) is 10.1. The third-order valence-corrected chi connectivity index (χ3v) is 7.38. The quantitative estimate of drug-likeness (QED) is 0.422. The van der Waals surface area contributed by atoms with Crippen molar-refractivity contribution in [2.75, 3.05) is 33.9 Å². The molecule has 0 saturated carbocycles. The Bertz CT molecular complexity index is 1290. The number of hydrogen-bond donors (Lipinski definition) is 1. The smallest absolute Gasteiger partial charge is 0.241 e. The van der Waals surface area contributed by atoms with Gasteiger partial charge in [0.1, 0.15) is 0 Å². The van der Waals surface area contributed by atoms with Gasteiger partial charge < -0.3 is 24.2 Å². The van der Waals surface area contributed by atoms with Crippen molar-refractivity contribution in [1.29, 1.82) is 0 Å². The van der Waals surface area contributed by atoms with E-state index in [-0.39, 0.29) is 17.7 Å². The standard InChI is InChI=1S/C29H35N5O5/c1-37-24-12-11-22(15-25(24)38-2)28-31-26(39-32-28)19-33-13-3-5-23(18-33)29(36)30-16-20-7-9-21(10-8-20)17-34-14-4-6-27(34)35/h7-12,15,23H,3-6,13-14,16-19H2,1-2H3,(H,30,36). The van der Waals surface area contributed by atoms with Gasteiger partial charge in [-0.1, -0.05) is 29.4 Å². The molecular formula is C29H35N5O5. The molecule has 2 fully saturated rings. The summed E-state index contributed by atoms with van der Waals surface area (Å²) in [6, 6.07) is 13.6. The second-order valence-corrected chi connectivity index (χ2v) is 10.1. The summed E-state index contributed by atoms with van der Waals surface area (Å²) in [5, 5.41) is 7.23. The lowest BCUT2D eigenvalue weighted by Gasteiger charge is -2.30. The Hall–Kier alpha value is -3.92. The van der Waals surface area contributed by atoms with E-state index in [4.69, 9.17) is 14.0 Å². The predicted octanol–water partition coefficient (Wildman–Crippen LogP) is 3.40. The second kappa shape index (κ2) is 12.3. The Kier molecular flexibility index (Phi) is 8.41. The van der Waals surface area contributed by atoms with Crippen LogP contribution in [-0.4, -0.2) is 65.6 Å². The van der Waals surface area contributed by atoms with Gasteiger partial charge in [-0.15, -0.1) is 0 Å². The highest BCUT2D eigenvalue weighted by Gasteiger charge is 2.27. The monoisotopic (exact) mass is 533 g/mol. The van der Waals surface area contributed by atoms with Gasteiger partial charge >= 0.3 is 0 Å². The first-order chi connectivity index (χ1) is 19.0. The van der Waals surface area contributed by atoms with Gasteiger partial charge in [-0.05, 0) is 55.1 Å². The third kappa shape index (κ3) is 6.57. The maximum absolute atomic E-state index is 12.9. The lowest BCUT2D eigenvalue weighted by molar-refractivity contribution is -0.128. The molecule has 1 atom stereocenters. The van der Waals surface area contributed by atoms with Crippen molar-refractivity contribution in [1.82, 2.24) is 25.3 Å². The molecule has 3 aromatic rings. The summed E-state index contributed by atoms with van der Waals surface area (Å²) < 4.78 is 16.2. The number of nitrogens with one attached hydrogen (secondary N) is 1. The van der Waals surface area contributed by atoms with Crippen LogP contribution in [0, 0.1) is 5.92 Å². The molecule has 0 aliphatic carbocycles. The lowest BCUT2D eigenvalue weighted by Crippen LogP contribution is -2.42. The third-order valence-electron chi connectivity index (χ3n) is 7.38. The molecule has 3 heterocycles. The SMILES string of the molecule is COc1ccc(-c2noc(CN3CCCC(C(=O)NCc4ccc(CN5CCCC5=O)cc4)C3)n2)cc1OC. The van der Waals surface area contributed by atoms with E-state index in [1.54, 1.807) is 14.2 Å². The van der Waals surface area contributed by atoms with Crippen LogP contribution in [0.25, 0.3) is 11.4 Å². The average molecular weight is 534 g/mol. The number of methoxy groups -OCH3 is 2. The van der Waals surface area contributed by atoms with Crippen molar-refractivity contribution in [3.8, 4) is 22.9 Å². The maximum atomic E-state index is 12.9. The van der Waals surface area contributed by atoms with Crippen LogP contribution in [0.15, 0.2) is 47.0 Å². The maximum Gasteiger partial charge on any atom is 0.241 e. The molecule has 206 valence electrons. The first kappa shape index (κ1) is 26.7. The molecule has 5 rings (SSSR count). The van der Waals surface area contributed by atoms with Gasteiger partial charge in [-0.2, -0.15) is 4.98 Å². The molecule has 1 unspecified atom stereocenters. The molecular weight excluding hydrogens is 498 g/mol. The van der Waals surface area contributed by atoms with Gasteiger partial charge in [-0.25, -0.2) is 0 Å². The Morgan fingerprint density at radius 2 is 1.82 bits per heavy atom. The predicted molar refractivity (Wildman–Crippen MR) is 144 cm³/mol. The Labute approximate surface area is 228 Å². The van der Waals surface area contributed by atoms with E-state index in [0.29, 0.717) is 55.8 Å². The number of rotatable bonds is 10. The highest BCUT2D eigenvalue weighted by atomic mass is 16.5. The van der Waals surface area contributed by atoms with Gasteiger partial charge in [0.2, 0.25) is 23.5 Å². The Morgan fingerprint density at radius 3 is 2.56 bits per heavy atom. The number of amides is 2. The summed E-state index contributed by atoms with van der Waals surface area (Å²) in [6.07, 6.45) is 3.37. The number of nitrogens with zero attached hydrogens (tertiary/aromatic N) is 4. The fraction of sp³-hybridized carbons (Fsp3) is 0.448. The van der Waals surface area contributed by atoms with Crippen molar-refractivity contribution < 1.29 is 23.6 Å². The number of hydrogen-bond acceptors (Lipinski definition) is 8. The molecule has 2 aliphatic heterocycles. The summed E-state index contributed by atoms with van der Waals surface area (Å²) in [6.45, 7) is 3.98. The molecule has 2 amide bonds. The van der Waals surface area contributed by atoms with E-state index < -0.39 is 0 Å². The van der Waals surface area contributed by atoms with Crippen LogP contribution in [0.4, 0.5) is 0 Å². The summed E-state index contributed by atoms with van der Waals surface area (Å²) in [4.78, 5) is 33.4. The van der Waals surface area contributed by atoms with Crippen LogP contribution < -0.4 is 14.8 Å². The summed E-state index contributed by atoms with van der Waals surface area (Å²) in [5.41, 5.74) is 2.93. The van der Waals surface area contributed by atoms with Crippen LogP contribution >= 0.6 is 0 Å². The highest BCUT2D eigenvalue weighted by Crippen LogP contribution is 2.31. The van der Waals surface area contributed by atoms with Gasteiger partial charge in [-0.3, -0.25) is 14.5 Å². The van der Waals surface area contributed by atoms with Crippen LogP contribution in [-0.2, 0) is 29.2 Å². The van der Waals surface area contributed by atoms with E-state index >= 15 is 0 Å². The fourth-order valence-corrected chi connectivity index (χ4v) is 5.20. The van der Waals surface area contributed by atoms with Crippen molar-refractivity contribution in [2.45, 2.75) is 45.3 Å². The molecule has 2 saturated heterocycles. The molecule has 2 aromatic carbocycles. The average Bonchev–Trinajstić information content (AvgIpc) is 3.60. The topological polar surface area (TPSA) is 110 Å². The minimum Gasteiger partial charge on any atom is -0.493 e. The zero-order chi connectivity index (χ0) is 27.2. The zero-order valence-corrected chi connectivity index (χ0v) is 22.5. The highest BCUT2D eigenvalue weighted by molar-refractivity contribution is 5.79. The van der Waals surface area contributed by atoms with E-state index in [9.17, 15) is 9.59 Å². The fourth-order valence-electron chi connectivity index (χ4n) is 5.20. The number of piperidine rings is 1. The lowest BCUT2D eigenvalue weighted by atomic mass is 9.97. The van der Waals surface area contributed by atoms with Gasteiger partial charge in [0.15, 0.2) is 11.5 Å². The van der Waals surface area contributed by atoms with Crippen molar-refractivity contribution in [3.63, 3.8) is 0 Å². The van der Waals surface area contributed by atoms with Gasteiger partial charge in [0.25, 0.3) is 0 Å². The van der Waals surface area contributed by atoms with E-state index in [0.717, 1.165) is 49.0 Å². The summed E-state index contributed by atoms with van der Waals surface area (Å²) >= 11 is 0. The molecule has 1 N–H and O–H groups in total. The molecule has 0 spiro atoms. The number of ether oxygens (including phenoxy) is 2. The van der Waals surface area contributed by atoms with Crippen LogP contribution in [0.3, 0.4) is 0 Å². The largest absolute Gasteiger partial charge is 0.493 e. The molecule has 0 radical (unpaired) electrons. The first-order valence-electron chi connectivity index (χ1n) is 13.4. The molecule has 10 nitrogen and oxygen atoms in total. The zero-order valence-electron chi connectivity index (χ0n) is 22.5. The molecule has 2 aliphatic rings. The molecule has 39 heavy (non-hydrogen) atoms. The van der Waals surface area contributed by atoms with Gasteiger partial charge in [0.05, 0.1) is 26.7 Å². The normalized spacial score (nSPS) is 17.8. The number of benzene rings is 2. The molecule has 0 bridgehead atoms. The van der Waals surface area contributed by atoms with E-state index in [1.807, 2.05) is 47.4 Å². The summed E-state index contributed by atoms with van der Waals surface area (Å²) in [7, 11) is 3.18. The van der Waals surface area contributed by atoms with Crippen molar-refractivity contribution in [2.24, 2.45) is 5.92 Å². The van der Waals surface area contributed by atoms with Crippen molar-refractivity contribution >= 4 is 11.8 Å². The van der Waals surface area contributed by atoms with Gasteiger partial charge in [0, 0.05) is 38.2 Å². The summed E-state index contributed by atoms with van der Waals surface area (Å²) in [5.74, 6) is 2.42.